The van der Waals surface area contributed by atoms with E-state index < -0.39 is 5.97 Å². The van der Waals surface area contributed by atoms with Gasteiger partial charge in [-0.15, -0.1) is 0 Å². The summed E-state index contributed by atoms with van der Waals surface area (Å²) >= 11 is 0. The number of benzene rings is 1. The third kappa shape index (κ3) is 4.04. The van der Waals surface area contributed by atoms with Crippen molar-refractivity contribution < 1.29 is 19.4 Å². The molecule has 0 unspecified atom stereocenters. The molecule has 1 fully saturated rings. The van der Waals surface area contributed by atoms with Crippen molar-refractivity contribution in [1.29, 1.82) is 0 Å². The average molecular weight is 291 g/mol. The standard InChI is InChI=1S/C16H21NO4/c1-11-10-21-12(2)9-17(11)15(18)8-5-13-3-6-14(7-4-13)16(19)20/h3-4,6-7,11-12H,5,8-10H2,1-2H3,(H,19,20)/t11-,12-/m0/s1. The Morgan fingerprint density at radius 1 is 1.29 bits per heavy atom. The molecule has 0 aromatic heterocycles. The molecule has 1 aromatic rings. The topological polar surface area (TPSA) is 66.8 Å². The third-order valence-corrected chi connectivity index (χ3v) is 3.76. The fourth-order valence-electron chi connectivity index (χ4n) is 2.46. The molecule has 114 valence electrons. The second kappa shape index (κ2) is 6.72. The van der Waals surface area contributed by atoms with Gasteiger partial charge < -0.3 is 14.7 Å². The van der Waals surface area contributed by atoms with E-state index in [4.69, 9.17) is 9.84 Å². The van der Waals surface area contributed by atoms with E-state index in [2.05, 4.69) is 0 Å². The number of hydrogen-bond acceptors (Lipinski definition) is 3. The van der Waals surface area contributed by atoms with Crippen LogP contribution >= 0.6 is 0 Å². The Morgan fingerprint density at radius 3 is 2.57 bits per heavy atom. The largest absolute Gasteiger partial charge is 0.478 e. The maximum absolute atomic E-state index is 12.3. The number of ether oxygens (including phenoxy) is 1. The normalized spacial score (nSPS) is 22.1. The first-order valence-corrected chi connectivity index (χ1v) is 7.20. The van der Waals surface area contributed by atoms with E-state index >= 15 is 0 Å². The first-order chi connectivity index (χ1) is 9.97. The third-order valence-electron chi connectivity index (χ3n) is 3.76. The molecule has 2 atom stereocenters. The Kier molecular flexibility index (Phi) is 4.96. The zero-order valence-electron chi connectivity index (χ0n) is 12.4. The van der Waals surface area contributed by atoms with Gasteiger partial charge in [-0.1, -0.05) is 12.1 Å². The predicted molar refractivity (Wildman–Crippen MR) is 78.3 cm³/mol. The predicted octanol–water partition coefficient (Wildman–Crippen LogP) is 1.95. The number of amides is 1. The lowest BCUT2D eigenvalue weighted by molar-refractivity contribution is -0.143. The number of rotatable bonds is 4. The quantitative estimate of drug-likeness (QED) is 0.920. The van der Waals surface area contributed by atoms with Crippen molar-refractivity contribution in [1.82, 2.24) is 4.90 Å². The Hall–Kier alpha value is -1.88. The van der Waals surface area contributed by atoms with E-state index in [0.717, 1.165) is 5.56 Å². The molecule has 0 radical (unpaired) electrons. The summed E-state index contributed by atoms with van der Waals surface area (Å²) in [5.74, 6) is -0.811. The molecule has 1 aliphatic heterocycles. The number of morpholine rings is 1. The first kappa shape index (κ1) is 15.5. The minimum atomic E-state index is -0.936. The molecule has 0 spiro atoms. The Balaban J connectivity index is 1.89. The summed E-state index contributed by atoms with van der Waals surface area (Å²) in [5.41, 5.74) is 1.24. The maximum Gasteiger partial charge on any atom is 0.335 e. The van der Waals surface area contributed by atoms with Crippen molar-refractivity contribution in [3.05, 3.63) is 35.4 Å². The minimum absolute atomic E-state index is 0.0833. The van der Waals surface area contributed by atoms with Gasteiger partial charge in [-0.25, -0.2) is 4.79 Å². The second-order valence-electron chi connectivity index (χ2n) is 5.54. The summed E-state index contributed by atoms with van der Waals surface area (Å²) in [5, 5.41) is 8.85. The van der Waals surface area contributed by atoms with E-state index in [1.807, 2.05) is 18.7 Å². The molecule has 2 rings (SSSR count). The lowest BCUT2D eigenvalue weighted by Crippen LogP contribution is -2.50. The lowest BCUT2D eigenvalue weighted by Gasteiger charge is -2.36. The zero-order valence-corrected chi connectivity index (χ0v) is 12.4. The molecule has 1 N–H and O–H groups in total. The Morgan fingerprint density at radius 2 is 1.95 bits per heavy atom. The zero-order chi connectivity index (χ0) is 15.4. The fourth-order valence-corrected chi connectivity index (χ4v) is 2.46. The van der Waals surface area contributed by atoms with E-state index in [0.29, 0.717) is 26.0 Å². The summed E-state index contributed by atoms with van der Waals surface area (Å²) in [6.45, 7) is 5.18. The van der Waals surface area contributed by atoms with Gasteiger partial charge in [-0.2, -0.15) is 0 Å². The van der Waals surface area contributed by atoms with Gasteiger partial charge in [0.1, 0.15) is 0 Å². The highest BCUT2D eigenvalue weighted by molar-refractivity contribution is 5.87. The van der Waals surface area contributed by atoms with Crippen LogP contribution in [0.4, 0.5) is 0 Å². The van der Waals surface area contributed by atoms with Gasteiger partial charge in [0.2, 0.25) is 5.91 Å². The summed E-state index contributed by atoms with van der Waals surface area (Å²) in [6.07, 6.45) is 1.14. The van der Waals surface area contributed by atoms with Crippen LogP contribution in [0.15, 0.2) is 24.3 Å². The summed E-state index contributed by atoms with van der Waals surface area (Å²) in [7, 11) is 0. The van der Waals surface area contributed by atoms with Gasteiger partial charge in [0.15, 0.2) is 0 Å². The highest BCUT2D eigenvalue weighted by Crippen LogP contribution is 2.14. The molecule has 1 aromatic carbocycles. The number of aromatic carboxylic acids is 1. The molecular weight excluding hydrogens is 270 g/mol. The van der Waals surface area contributed by atoms with Gasteiger partial charge in [0.25, 0.3) is 0 Å². The molecule has 5 nitrogen and oxygen atoms in total. The van der Waals surface area contributed by atoms with Crippen LogP contribution in [0.3, 0.4) is 0 Å². The first-order valence-electron chi connectivity index (χ1n) is 7.20. The van der Waals surface area contributed by atoms with E-state index in [9.17, 15) is 9.59 Å². The van der Waals surface area contributed by atoms with Crippen LogP contribution in [0.5, 0.6) is 0 Å². The lowest BCUT2D eigenvalue weighted by atomic mass is 10.1. The molecule has 1 heterocycles. The van der Waals surface area contributed by atoms with Crippen LogP contribution < -0.4 is 0 Å². The number of carbonyl (C=O) groups excluding carboxylic acids is 1. The molecule has 1 aliphatic rings. The van der Waals surface area contributed by atoms with Crippen LogP contribution in [-0.2, 0) is 16.0 Å². The number of nitrogens with zero attached hydrogens (tertiary/aromatic N) is 1. The molecule has 1 amide bonds. The van der Waals surface area contributed by atoms with E-state index in [1.54, 1.807) is 24.3 Å². The van der Waals surface area contributed by atoms with Gasteiger partial charge in [0, 0.05) is 13.0 Å². The van der Waals surface area contributed by atoms with Crippen LogP contribution in [0, 0.1) is 0 Å². The molecule has 0 aliphatic carbocycles. The number of carboxylic acid groups (broad SMARTS) is 1. The monoisotopic (exact) mass is 291 g/mol. The molecule has 21 heavy (non-hydrogen) atoms. The molecule has 0 bridgehead atoms. The van der Waals surface area contributed by atoms with Crippen molar-refractivity contribution in [2.45, 2.75) is 38.8 Å². The molecular formula is C16H21NO4. The average Bonchev–Trinajstić information content (AvgIpc) is 2.47. The van der Waals surface area contributed by atoms with Crippen LogP contribution in [-0.4, -0.2) is 47.2 Å². The number of aryl methyl sites for hydroxylation is 1. The Labute approximate surface area is 124 Å². The van der Waals surface area contributed by atoms with Crippen molar-refractivity contribution >= 4 is 11.9 Å². The van der Waals surface area contributed by atoms with Crippen LogP contribution in [0.1, 0.15) is 36.2 Å². The van der Waals surface area contributed by atoms with Crippen LogP contribution in [0.2, 0.25) is 0 Å². The SMILES string of the molecule is C[C@H]1CN(C(=O)CCc2ccc(C(=O)O)cc2)[C@@H](C)CO1. The van der Waals surface area contributed by atoms with E-state index in [-0.39, 0.29) is 23.6 Å². The highest BCUT2D eigenvalue weighted by Gasteiger charge is 2.26. The van der Waals surface area contributed by atoms with Gasteiger partial charge in [0.05, 0.1) is 24.3 Å². The number of hydrogen-bond donors (Lipinski definition) is 1. The van der Waals surface area contributed by atoms with Gasteiger partial charge in [-0.3, -0.25) is 4.79 Å². The smallest absolute Gasteiger partial charge is 0.335 e. The van der Waals surface area contributed by atoms with Crippen LogP contribution in [0.25, 0.3) is 0 Å². The molecule has 1 saturated heterocycles. The minimum Gasteiger partial charge on any atom is -0.478 e. The highest BCUT2D eigenvalue weighted by atomic mass is 16.5. The molecule has 0 saturated carbocycles. The number of carbonyl (C=O) groups is 2. The summed E-state index contributed by atoms with van der Waals surface area (Å²) < 4.78 is 5.52. The number of carboxylic acids is 1. The second-order valence-corrected chi connectivity index (χ2v) is 5.54. The Bertz CT molecular complexity index is 512. The molecule has 5 heteroatoms. The van der Waals surface area contributed by atoms with Crippen molar-refractivity contribution in [2.75, 3.05) is 13.2 Å². The van der Waals surface area contributed by atoms with Crippen molar-refractivity contribution in [3.63, 3.8) is 0 Å². The van der Waals surface area contributed by atoms with Gasteiger partial charge in [-0.05, 0) is 38.0 Å². The van der Waals surface area contributed by atoms with E-state index in [1.165, 1.54) is 0 Å². The maximum atomic E-state index is 12.3. The van der Waals surface area contributed by atoms with Gasteiger partial charge >= 0.3 is 5.97 Å². The summed E-state index contributed by atoms with van der Waals surface area (Å²) in [4.78, 5) is 24.9. The van der Waals surface area contributed by atoms with Crippen molar-refractivity contribution in [2.24, 2.45) is 0 Å². The fraction of sp³-hybridized carbons (Fsp3) is 0.500. The van der Waals surface area contributed by atoms with Crippen molar-refractivity contribution in [3.8, 4) is 0 Å². The summed E-state index contributed by atoms with van der Waals surface area (Å²) in [6, 6.07) is 6.79.